The van der Waals surface area contributed by atoms with Crippen LogP contribution in [0.4, 0.5) is 0 Å². The number of ether oxygens (including phenoxy) is 1. The quantitative estimate of drug-likeness (QED) is 0.885. The summed E-state index contributed by atoms with van der Waals surface area (Å²) in [5, 5.41) is 3.38. The zero-order valence-electron chi connectivity index (χ0n) is 14.5. The molecule has 1 atom stereocenters. The fraction of sp³-hybridized carbons (Fsp3) is 0.632. The molecule has 2 aliphatic rings. The lowest BCUT2D eigenvalue weighted by Crippen LogP contribution is -2.47. The van der Waals surface area contributed by atoms with E-state index in [1.165, 1.54) is 11.1 Å². The minimum Gasteiger partial charge on any atom is -0.373 e. The summed E-state index contributed by atoms with van der Waals surface area (Å²) in [6.07, 6.45) is 4.49. The van der Waals surface area contributed by atoms with Crippen LogP contribution in [0, 0.1) is 0 Å². The van der Waals surface area contributed by atoms with Crippen LogP contribution in [0.25, 0.3) is 0 Å². The molecule has 1 fully saturated rings. The van der Waals surface area contributed by atoms with Gasteiger partial charge in [0.1, 0.15) is 0 Å². The van der Waals surface area contributed by atoms with Crippen LogP contribution in [-0.2, 0) is 16.0 Å². The van der Waals surface area contributed by atoms with Crippen molar-refractivity contribution in [2.75, 3.05) is 26.2 Å². The number of carbonyl (C=O) groups is 1. The Morgan fingerprint density at radius 3 is 2.79 bits per heavy atom. The number of hydrogen-bond donors (Lipinski definition) is 1. The number of amides is 1. The first-order chi connectivity index (χ1) is 11.3. The van der Waals surface area contributed by atoms with Crippen LogP contribution < -0.4 is 5.32 Å². The molecule has 5 heteroatoms. The summed E-state index contributed by atoms with van der Waals surface area (Å²) >= 11 is 0. The molecule has 1 aromatic carbocycles. The average molecular weight is 353 g/mol. The third-order valence-electron chi connectivity index (χ3n) is 4.99. The van der Waals surface area contributed by atoms with Crippen LogP contribution >= 0.6 is 12.4 Å². The molecule has 1 saturated heterocycles. The van der Waals surface area contributed by atoms with Crippen LogP contribution in [0.3, 0.4) is 0 Å². The fourth-order valence-corrected chi connectivity index (χ4v) is 3.79. The summed E-state index contributed by atoms with van der Waals surface area (Å²) in [7, 11) is 0. The van der Waals surface area contributed by atoms with Gasteiger partial charge in [0.25, 0.3) is 0 Å². The lowest BCUT2D eigenvalue weighted by Gasteiger charge is -2.36. The van der Waals surface area contributed by atoms with Crippen molar-refractivity contribution >= 4 is 18.3 Å². The van der Waals surface area contributed by atoms with Gasteiger partial charge in [0.15, 0.2) is 0 Å². The van der Waals surface area contributed by atoms with E-state index in [-0.39, 0.29) is 24.4 Å². The standard InChI is InChI=1S/C19H28N2O2.ClH/c1-2-12-21(16-7-10-20-11-8-16)19(22)14-18-17-6-4-3-5-15(17)9-13-23-18;/h3-6,16,18,20H,2,7-14H2,1H3;1H. The first kappa shape index (κ1) is 19.2. The maximum atomic E-state index is 12.9. The van der Waals surface area contributed by atoms with Crippen LogP contribution in [0.2, 0.25) is 0 Å². The van der Waals surface area contributed by atoms with E-state index in [2.05, 4.69) is 35.3 Å². The summed E-state index contributed by atoms with van der Waals surface area (Å²) in [5.74, 6) is 0.250. The summed E-state index contributed by atoms with van der Waals surface area (Å²) in [6, 6.07) is 8.78. The zero-order chi connectivity index (χ0) is 16.1. The van der Waals surface area contributed by atoms with Crippen molar-refractivity contribution in [2.45, 2.75) is 51.2 Å². The van der Waals surface area contributed by atoms with Gasteiger partial charge in [-0.25, -0.2) is 0 Å². The number of halogens is 1. The van der Waals surface area contributed by atoms with Crippen LogP contribution in [-0.4, -0.2) is 43.1 Å². The Hall–Kier alpha value is -1.10. The molecule has 2 heterocycles. The minimum absolute atomic E-state index is 0. The van der Waals surface area contributed by atoms with Crippen molar-refractivity contribution in [3.05, 3.63) is 35.4 Å². The first-order valence-corrected chi connectivity index (χ1v) is 8.99. The molecule has 1 aromatic rings. The van der Waals surface area contributed by atoms with Crippen molar-refractivity contribution in [3.8, 4) is 0 Å². The Balaban J connectivity index is 0.00000208. The number of rotatable bonds is 5. The molecular formula is C19H29ClN2O2. The highest BCUT2D eigenvalue weighted by molar-refractivity contribution is 5.85. The van der Waals surface area contributed by atoms with E-state index in [1.807, 2.05) is 6.07 Å². The Morgan fingerprint density at radius 2 is 2.04 bits per heavy atom. The molecule has 4 nitrogen and oxygen atoms in total. The number of hydrogen-bond acceptors (Lipinski definition) is 3. The zero-order valence-corrected chi connectivity index (χ0v) is 15.3. The summed E-state index contributed by atoms with van der Waals surface area (Å²) in [5.41, 5.74) is 2.54. The first-order valence-electron chi connectivity index (χ1n) is 8.99. The molecule has 1 amide bonds. The van der Waals surface area contributed by atoms with E-state index in [1.54, 1.807) is 0 Å². The predicted octanol–water partition coefficient (Wildman–Crippen LogP) is 3.10. The highest BCUT2D eigenvalue weighted by Crippen LogP contribution is 2.30. The third-order valence-corrected chi connectivity index (χ3v) is 4.99. The summed E-state index contributed by atoms with van der Waals surface area (Å²) in [4.78, 5) is 15.0. The van der Waals surface area contributed by atoms with Gasteiger partial charge in [0.2, 0.25) is 5.91 Å². The molecule has 1 unspecified atom stereocenters. The molecule has 0 bridgehead atoms. The molecule has 24 heavy (non-hydrogen) atoms. The van der Waals surface area contributed by atoms with E-state index in [0.717, 1.165) is 51.9 Å². The fourth-order valence-electron chi connectivity index (χ4n) is 3.79. The minimum atomic E-state index is -0.0754. The van der Waals surface area contributed by atoms with Crippen LogP contribution in [0.5, 0.6) is 0 Å². The van der Waals surface area contributed by atoms with Gasteiger partial charge < -0.3 is 15.0 Å². The topological polar surface area (TPSA) is 41.6 Å². The van der Waals surface area contributed by atoms with E-state index in [4.69, 9.17) is 4.74 Å². The monoisotopic (exact) mass is 352 g/mol. The van der Waals surface area contributed by atoms with Crippen LogP contribution in [0.15, 0.2) is 24.3 Å². The van der Waals surface area contributed by atoms with E-state index in [0.29, 0.717) is 12.5 Å². The third kappa shape index (κ3) is 4.50. The van der Waals surface area contributed by atoms with E-state index >= 15 is 0 Å². The summed E-state index contributed by atoms with van der Waals surface area (Å²) in [6.45, 7) is 5.75. The molecule has 3 rings (SSSR count). The smallest absolute Gasteiger partial charge is 0.225 e. The lowest BCUT2D eigenvalue weighted by atomic mass is 9.95. The normalized spacial score (nSPS) is 20.8. The average Bonchev–Trinajstić information content (AvgIpc) is 2.60. The van der Waals surface area contributed by atoms with E-state index < -0.39 is 0 Å². The van der Waals surface area contributed by atoms with Crippen molar-refractivity contribution in [1.29, 1.82) is 0 Å². The number of nitrogens with zero attached hydrogens (tertiary/aromatic N) is 1. The lowest BCUT2D eigenvalue weighted by molar-refractivity contribution is -0.137. The van der Waals surface area contributed by atoms with Crippen molar-refractivity contribution in [2.24, 2.45) is 0 Å². The number of piperidine rings is 1. The Morgan fingerprint density at radius 1 is 1.29 bits per heavy atom. The second-order valence-electron chi connectivity index (χ2n) is 6.58. The molecule has 0 spiro atoms. The van der Waals surface area contributed by atoms with Crippen LogP contribution in [0.1, 0.15) is 49.8 Å². The SMILES string of the molecule is CCCN(C(=O)CC1OCCc2ccccc21)C1CCNCC1.Cl. The maximum Gasteiger partial charge on any atom is 0.225 e. The van der Waals surface area contributed by atoms with Gasteiger partial charge in [-0.2, -0.15) is 0 Å². The Labute approximate surface area is 151 Å². The van der Waals surface area contributed by atoms with Gasteiger partial charge in [-0.1, -0.05) is 31.2 Å². The molecular weight excluding hydrogens is 324 g/mol. The van der Waals surface area contributed by atoms with Gasteiger partial charge in [-0.05, 0) is 49.9 Å². The van der Waals surface area contributed by atoms with Crippen molar-refractivity contribution in [1.82, 2.24) is 10.2 Å². The number of fused-ring (bicyclic) bond motifs is 1. The van der Waals surface area contributed by atoms with Gasteiger partial charge >= 0.3 is 0 Å². The van der Waals surface area contributed by atoms with Gasteiger partial charge in [-0.15, -0.1) is 12.4 Å². The molecule has 0 aromatic heterocycles. The van der Waals surface area contributed by atoms with Gasteiger partial charge in [0.05, 0.1) is 19.1 Å². The number of carbonyl (C=O) groups excluding carboxylic acids is 1. The second kappa shape index (κ2) is 9.40. The molecule has 0 aliphatic carbocycles. The molecule has 1 N–H and O–H groups in total. The molecule has 0 radical (unpaired) electrons. The maximum absolute atomic E-state index is 12.9. The highest BCUT2D eigenvalue weighted by atomic mass is 35.5. The summed E-state index contributed by atoms with van der Waals surface area (Å²) < 4.78 is 5.93. The largest absolute Gasteiger partial charge is 0.373 e. The Kier molecular flexibility index (Phi) is 7.53. The van der Waals surface area contributed by atoms with Crippen molar-refractivity contribution in [3.63, 3.8) is 0 Å². The van der Waals surface area contributed by atoms with Gasteiger partial charge in [0, 0.05) is 12.6 Å². The van der Waals surface area contributed by atoms with E-state index in [9.17, 15) is 4.79 Å². The number of benzene rings is 1. The number of nitrogens with one attached hydrogen (secondary N) is 1. The highest BCUT2D eigenvalue weighted by Gasteiger charge is 2.29. The molecule has 0 saturated carbocycles. The molecule has 2 aliphatic heterocycles. The predicted molar refractivity (Wildman–Crippen MR) is 98.6 cm³/mol. The van der Waals surface area contributed by atoms with Crippen molar-refractivity contribution < 1.29 is 9.53 Å². The second-order valence-corrected chi connectivity index (χ2v) is 6.58. The Bertz CT molecular complexity index is 532. The van der Waals surface area contributed by atoms with Gasteiger partial charge in [-0.3, -0.25) is 4.79 Å². The molecule has 134 valence electrons.